The van der Waals surface area contributed by atoms with E-state index in [4.69, 9.17) is 10.5 Å². The number of ether oxygens (including phenoxy) is 1. The van der Waals surface area contributed by atoms with E-state index in [1.807, 2.05) is 13.8 Å². The molecule has 0 saturated carbocycles. The van der Waals surface area contributed by atoms with Crippen molar-refractivity contribution in [3.8, 4) is 0 Å². The summed E-state index contributed by atoms with van der Waals surface area (Å²) in [5, 5.41) is 3.04. The van der Waals surface area contributed by atoms with Crippen molar-refractivity contribution >= 4 is 27.5 Å². The Morgan fingerprint density at radius 3 is 2.95 bits per heavy atom. The van der Waals surface area contributed by atoms with Crippen molar-refractivity contribution in [3.63, 3.8) is 0 Å². The minimum absolute atomic E-state index is 0.0788. The highest BCUT2D eigenvalue weighted by Crippen LogP contribution is 2.23. The van der Waals surface area contributed by atoms with E-state index in [1.165, 1.54) is 0 Å². The number of halogens is 1. The molecule has 19 heavy (non-hydrogen) atoms. The maximum Gasteiger partial charge on any atom is 0.251 e. The van der Waals surface area contributed by atoms with Gasteiger partial charge in [-0.2, -0.15) is 0 Å². The van der Waals surface area contributed by atoms with Crippen LogP contribution in [0.2, 0.25) is 0 Å². The molecule has 0 aromatic heterocycles. The zero-order valence-corrected chi connectivity index (χ0v) is 12.8. The van der Waals surface area contributed by atoms with Crippen molar-refractivity contribution in [1.29, 1.82) is 0 Å². The van der Waals surface area contributed by atoms with Gasteiger partial charge in [-0.15, -0.1) is 0 Å². The molecule has 2 rings (SSSR count). The molecule has 1 aromatic rings. The van der Waals surface area contributed by atoms with Gasteiger partial charge in [-0.3, -0.25) is 4.79 Å². The molecule has 5 heteroatoms. The summed E-state index contributed by atoms with van der Waals surface area (Å²) in [5.41, 5.74) is 7.94. The predicted molar refractivity (Wildman–Crippen MR) is 79.1 cm³/mol. The van der Waals surface area contributed by atoms with E-state index in [-0.39, 0.29) is 11.9 Å². The lowest BCUT2D eigenvalue weighted by Gasteiger charge is -2.20. The summed E-state index contributed by atoms with van der Waals surface area (Å²) >= 11 is 3.37. The van der Waals surface area contributed by atoms with E-state index in [9.17, 15) is 4.79 Å². The summed E-state index contributed by atoms with van der Waals surface area (Å²) in [5.74, 6) is 0.318. The molecule has 0 bridgehead atoms. The fraction of sp³-hybridized carbons (Fsp3) is 0.500. The Morgan fingerprint density at radius 2 is 2.32 bits per heavy atom. The second-order valence-electron chi connectivity index (χ2n) is 5.05. The standard InChI is InChI=1S/C14H19BrN2O2/c1-8-12(5-11(15)6-13(8)16)14(18)17-9(2)10-3-4-19-7-10/h5-6,9-10H,3-4,7,16H2,1-2H3,(H,17,18). The average Bonchev–Trinajstić information content (AvgIpc) is 2.87. The van der Waals surface area contributed by atoms with Gasteiger partial charge in [-0.25, -0.2) is 0 Å². The Morgan fingerprint density at radius 1 is 1.58 bits per heavy atom. The van der Waals surface area contributed by atoms with Crippen LogP contribution in [0, 0.1) is 12.8 Å². The number of hydrogen-bond donors (Lipinski definition) is 2. The van der Waals surface area contributed by atoms with Crippen molar-refractivity contribution in [3.05, 3.63) is 27.7 Å². The maximum absolute atomic E-state index is 12.3. The quantitative estimate of drug-likeness (QED) is 0.839. The fourth-order valence-electron chi connectivity index (χ4n) is 2.29. The Hall–Kier alpha value is -1.07. The topological polar surface area (TPSA) is 64.4 Å². The van der Waals surface area contributed by atoms with Gasteiger partial charge < -0.3 is 15.8 Å². The third kappa shape index (κ3) is 3.28. The predicted octanol–water partition coefficient (Wildman–Crippen LogP) is 2.49. The molecule has 0 spiro atoms. The van der Waals surface area contributed by atoms with E-state index in [0.717, 1.165) is 29.7 Å². The summed E-state index contributed by atoms with van der Waals surface area (Å²) in [7, 11) is 0. The van der Waals surface area contributed by atoms with Crippen molar-refractivity contribution in [2.24, 2.45) is 5.92 Å². The Balaban J connectivity index is 2.11. The van der Waals surface area contributed by atoms with Crippen LogP contribution < -0.4 is 11.1 Å². The number of carbonyl (C=O) groups excluding carboxylic acids is 1. The number of hydrogen-bond acceptors (Lipinski definition) is 3. The lowest BCUT2D eigenvalue weighted by molar-refractivity contribution is 0.0921. The van der Waals surface area contributed by atoms with Gasteiger partial charge in [-0.05, 0) is 38.0 Å². The highest BCUT2D eigenvalue weighted by molar-refractivity contribution is 9.10. The molecular formula is C14H19BrN2O2. The summed E-state index contributed by atoms with van der Waals surface area (Å²) in [6.45, 7) is 5.39. The number of amides is 1. The monoisotopic (exact) mass is 326 g/mol. The first-order valence-corrected chi connectivity index (χ1v) is 7.22. The SMILES string of the molecule is Cc1c(N)cc(Br)cc1C(=O)NC(C)C1CCOC1. The van der Waals surface area contributed by atoms with Gasteiger partial charge in [0, 0.05) is 34.3 Å². The lowest BCUT2D eigenvalue weighted by atomic mass is 9.99. The van der Waals surface area contributed by atoms with Crippen LogP contribution in [0.1, 0.15) is 29.3 Å². The van der Waals surface area contributed by atoms with Crippen LogP contribution >= 0.6 is 15.9 Å². The van der Waals surface area contributed by atoms with Crippen LogP contribution in [-0.4, -0.2) is 25.2 Å². The molecule has 0 radical (unpaired) electrons. The first-order valence-electron chi connectivity index (χ1n) is 6.43. The number of nitrogen functional groups attached to an aromatic ring is 1. The smallest absolute Gasteiger partial charge is 0.251 e. The summed E-state index contributed by atoms with van der Waals surface area (Å²) in [6, 6.07) is 3.72. The van der Waals surface area contributed by atoms with E-state index in [2.05, 4.69) is 21.2 Å². The van der Waals surface area contributed by atoms with Gasteiger partial charge >= 0.3 is 0 Å². The Labute approximate surface area is 121 Å². The maximum atomic E-state index is 12.3. The van der Waals surface area contributed by atoms with Gasteiger partial charge in [0.25, 0.3) is 5.91 Å². The van der Waals surface area contributed by atoms with Crippen molar-refractivity contribution in [2.45, 2.75) is 26.3 Å². The third-order valence-corrected chi connectivity index (χ3v) is 4.15. The number of anilines is 1. The van der Waals surface area contributed by atoms with Crippen LogP contribution in [0.3, 0.4) is 0 Å². The number of carbonyl (C=O) groups is 1. The number of nitrogens with one attached hydrogen (secondary N) is 1. The van der Waals surface area contributed by atoms with Crippen LogP contribution in [0.25, 0.3) is 0 Å². The van der Waals surface area contributed by atoms with Gasteiger partial charge in [0.05, 0.1) is 6.61 Å². The molecule has 1 aliphatic heterocycles. The zero-order valence-electron chi connectivity index (χ0n) is 11.2. The molecule has 4 nitrogen and oxygen atoms in total. The molecule has 2 atom stereocenters. The molecule has 1 fully saturated rings. The van der Waals surface area contributed by atoms with E-state index in [1.54, 1.807) is 12.1 Å². The summed E-state index contributed by atoms with van der Waals surface area (Å²) < 4.78 is 6.17. The Kier molecular flexibility index (Phi) is 4.47. The van der Waals surface area contributed by atoms with Gasteiger partial charge in [0.1, 0.15) is 0 Å². The first kappa shape index (κ1) is 14.3. The molecule has 0 aliphatic carbocycles. The van der Waals surface area contributed by atoms with Crippen LogP contribution in [0.5, 0.6) is 0 Å². The van der Waals surface area contributed by atoms with Gasteiger partial charge in [0.2, 0.25) is 0 Å². The fourth-order valence-corrected chi connectivity index (χ4v) is 2.76. The molecule has 1 aromatic carbocycles. The lowest BCUT2D eigenvalue weighted by Crippen LogP contribution is -2.38. The zero-order chi connectivity index (χ0) is 14.0. The van der Waals surface area contributed by atoms with E-state index >= 15 is 0 Å². The molecule has 1 heterocycles. The van der Waals surface area contributed by atoms with E-state index in [0.29, 0.717) is 17.2 Å². The molecule has 104 valence electrons. The number of benzene rings is 1. The van der Waals surface area contributed by atoms with E-state index < -0.39 is 0 Å². The second-order valence-corrected chi connectivity index (χ2v) is 5.97. The third-order valence-electron chi connectivity index (χ3n) is 3.69. The molecule has 1 amide bonds. The van der Waals surface area contributed by atoms with Crippen molar-refractivity contribution in [2.75, 3.05) is 18.9 Å². The van der Waals surface area contributed by atoms with Crippen molar-refractivity contribution in [1.82, 2.24) is 5.32 Å². The van der Waals surface area contributed by atoms with Crippen LogP contribution in [-0.2, 0) is 4.74 Å². The van der Waals surface area contributed by atoms with Crippen molar-refractivity contribution < 1.29 is 9.53 Å². The highest BCUT2D eigenvalue weighted by atomic mass is 79.9. The molecular weight excluding hydrogens is 308 g/mol. The largest absolute Gasteiger partial charge is 0.398 e. The molecule has 2 unspecified atom stereocenters. The van der Waals surface area contributed by atoms with Gasteiger partial charge in [0.15, 0.2) is 0 Å². The Bertz CT molecular complexity index is 485. The molecule has 3 N–H and O–H groups in total. The summed E-state index contributed by atoms with van der Waals surface area (Å²) in [6.07, 6.45) is 1.00. The second kappa shape index (κ2) is 5.92. The average molecular weight is 327 g/mol. The van der Waals surface area contributed by atoms with Crippen LogP contribution in [0.4, 0.5) is 5.69 Å². The van der Waals surface area contributed by atoms with Gasteiger partial charge in [-0.1, -0.05) is 15.9 Å². The number of rotatable bonds is 3. The highest BCUT2D eigenvalue weighted by Gasteiger charge is 2.24. The minimum Gasteiger partial charge on any atom is -0.398 e. The molecule has 1 aliphatic rings. The normalized spacial score (nSPS) is 20.3. The summed E-state index contributed by atoms with van der Waals surface area (Å²) in [4.78, 5) is 12.3. The van der Waals surface area contributed by atoms with Crippen LogP contribution in [0.15, 0.2) is 16.6 Å². The minimum atomic E-state index is -0.0788. The molecule has 1 saturated heterocycles. The number of nitrogens with two attached hydrogens (primary N) is 1. The first-order chi connectivity index (χ1) is 8.99.